The molecule has 9 nitrogen and oxygen atoms in total. The first-order valence-corrected chi connectivity index (χ1v) is 6.29. The minimum absolute atomic E-state index is 0.424. The maximum atomic E-state index is 11.0. The Morgan fingerprint density at radius 3 is 2.13 bits per heavy atom. The van der Waals surface area contributed by atoms with E-state index in [4.69, 9.17) is 30.9 Å². The van der Waals surface area contributed by atoms with Gasteiger partial charge in [0, 0.05) is 5.56 Å². The largest absolute Gasteiger partial charge is 0.489 e. The van der Waals surface area contributed by atoms with Gasteiger partial charge < -0.3 is 30.9 Å². The van der Waals surface area contributed by atoms with Crippen LogP contribution in [-0.2, 0) is 9.59 Å². The van der Waals surface area contributed by atoms with Gasteiger partial charge in [0.1, 0.15) is 12.4 Å². The van der Waals surface area contributed by atoms with E-state index >= 15 is 0 Å². The number of benzene rings is 1. The molecule has 0 saturated carbocycles. The molecular formula is C14H15NO8. The highest BCUT2D eigenvalue weighted by atomic mass is 16.5. The molecular weight excluding hydrogens is 310 g/mol. The predicted octanol–water partition coefficient (Wildman–Crippen LogP) is -0.932. The van der Waals surface area contributed by atoms with Crippen molar-refractivity contribution in [3.8, 4) is 5.75 Å². The molecule has 2 unspecified atom stereocenters. The summed E-state index contributed by atoms with van der Waals surface area (Å²) >= 11 is 0. The second-order valence-corrected chi connectivity index (χ2v) is 4.36. The summed E-state index contributed by atoms with van der Waals surface area (Å²) in [6, 6.07) is 5.28. The Morgan fingerprint density at radius 2 is 1.65 bits per heavy atom. The second-order valence-electron chi connectivity index (χ2n) is 4.36. The van der Waals surface area contributed by atoms with Gasteiger partial charge in [0.2, 0.25) is 5.91 Å². The Hall–Kier alpha value is -2.91. The Balaban J connectivity index is 0.000000241. The average Bonchev–Trinajstić information content (AvgIpc) is 2.53. The SMILES string of the molecule is NC(=O)c1cccc2c1C=CCO2.O=C(O)C(O)C(O)C(=O)O. The number of fused-ring (bicyclic) bond motifs is 1. The first-order valence-electron chi connectivity index (χ1n) is 6.29. The third-order valence-electron chi connectivity index (χ3n) is 2.76. The highest BCUT2D eigenvalue weighted by Crippen LogP contribution is 2.26. The fourth-order valence-corrected chi connectivity index (χ4v) is 1.63. The van der Waals surface area contributed by atoms with Crippen molar-refractivity contribution in [2.24, 2.45) is 5.73 Å². The predicted molar refractivity (Wildman–Crippen MR) is 76.8 cm³/mol. The van der Waals surface area contributed by atoms with Crippen LogP contribution in [0.2, 0.25) is 0 Å². The number of carbonyl (C=O) groups excluding carboxylic acids is 1. The number of carboxylic acids is 2. The normalized spacial score (nSPS) is 14.3. The van der Waals surface area contributed by atoms with Gasteiger partial charge in [0.05, 0.1) is 5.56 Å². The van der Waals surface area contributed by atoms with E-state index in [9.17, 15) is 14.4 Å². The summed E-state index contributed by atoms with van der Waals surface area (Å²) in [5.74, 6) is -3.24. The summed E-state index contributed by atoms with van der Waals surface area (Å²) in [7, 11) is 0. The molecule has 0 radical (unpaired) electrons. The van der Waals surface area contributed by atoms with Crippen molar-refractivity contribution >= 4 is 23.9 Å². The van der Waals surface area contributed by atoms with Crippen molar-refractivity contribution in [3.63, 3.8) is 0 Å². The van der Waals surface area contributed by atoms with Gasteiger partial charge in [-0.05, 0) is 18.2 Å². The molecule has 2 rings (SSSR count). The Kier molecular flexibility index (Phi) is 6.24. The monoisotopic (exact) mass is 325 g/mol. The van der Waals surface area contributed by atoms with Crippen LogP contribution in [-0.4, -0.2) is 57.1 Å². The van der Waals surface area contributed by atoms with Gasteiger partial charge in [0.25, 0.3) is 0 Å². The molecule has 124 valence electrons. The number of primary amides is 1. The van der Waals surface area contributed by atoms with Gasteiger partial charge in [-0.25, -0.2) is 9.59 Å². The van der Waals surface area contributed by atoms with Crippen LogP contribution >= 0.6 is 0 Å². The number of rotatable bonds is 4. The highest BCUT2D eigenvalue weighted by Gasteiger charge is 2.29. The lowest BCUT2D eigenvalue weighted by Gasteiger charge is -2.13. The molecule has 1 amide bonds. The van der Waals surface area contributed by atoms with E-state index in [1.165, 1.54) is 0 Å². The van der Waals surface area contributed by atoms with Crippen LogP contribution in [0.15, 0.2) is 24.3 Å². The van der Waals surface area contributed by atoms with Crippen molar-refractivity contribution in [3.05, 3.63) is 35.4 Å². The maximum Gasteiger partial charge on any atom is 0.335 e. The van der Waals surface area contributed by atoms with Gasteiger partial charge in [0.15, 0.2) is 12.2 Å². The van der Waals surface area contributed by atoms with Crippen LogP contribution in [0.25, 0.3) is 6.08 Å². The summed E-state index contributed by atoms with van der Waals surface area (Å²) in [4.78, 5) is 30.5. The number of aliphatic hydroxyl groups excluding tert-OH is 2. The van der Waals surface area contributed by atoms with Crippen molar-refractivity contribution in [1.29, 1.82) is 0 Å². The molecule has 0 bridgehead atoms. The molecule has 0 spiro atoms. The first kappa shape index (κ1) is 18.1. The molecule has 9 heteroatoms. The molecule has 1 aliphatic rings. The zero-order valence-corrected chi connectivity index (χ0v) is 11.7. The zero-order valence-electron chi connectivity index (χ0n) is 11.7. The van der Waals surface area contributed by atoms with Gasteiger partial charge in [-0.1, -0.05) is 12.1 Å². The highest BCUT2D eigenvalue weighted by molar-refractivity contribution is 5.97. The number of hydrogen-bond acceptors (Lipinski definition) is 6. The number of ether oxygens (including phenoxy) is 1. The molecule has 0 aromatic heterocycles. The summed E-state index contributed by atoms with van der Waals surface area (Å²) in [6.45, 7) is 0.551. The molecule has 1 heterocycles. The molecule has 1 aromatic rings. The smallest absolute Gasteiger partial charge is 0.335 e. The molecule has 6 N–H and O–H groups in total. The van der Waals surface area contributed by atoms with Gasteiger partial charge in [-0.15, -0.1) is 0 Å². The number of carbonyl (C=O) groups is 3. The number of nitrogens with two attached hydrogens (primary N) is 1. The molecule has 1 aromatic carbocycles. The summed E-state index contributed by atoms with van der Waals surface area (Å²) in [6.07, 6.45) is -0.816. The van der Waals surface area contributed by atoms with Crippen LogP contribution in [0, 0.1) is 0 Å². The minimum Gasteiger partial charge on any atom is -0.489 e. The number of aliphatic hydroxyl groups is 2. The lowest BCUT2D eigenvalue weighted by atomic mass is 10.0. The molecule has 2 atom stereocenters. The van der Waals surface area contributed by atoms with Gasteiger partial charge >= 0.3 is 11.9 Å². The van der Waals surface area contributed by atoms with E-state index in [2.05, 4.69) is 0 Å². The summed E-state index contributed by atoms with van der Waals surface area (Å²) < 4.78 is 5.32. The topological polar surface area (TPSA) is 167 Å². The quantitative estimate of drug-likeness (QED) is 0.473. The van der Waals surface area contributed by atoms with E-state index in [0.29, 0.717) is 12.2 Å². The molecule has 0 fully saturated rings. The minimum atomic E-state index is -2.27. The van der Waals surface area contributed by atoms with Crippen LogP contribution < -0.4 is 10.5 Å². The van der Waals surface area contributed by atoms with Crippen molar-refractivity contribution < 1.29 is 39.5 Å². The van der Waals surface area contributed by atoms with Crippen LogP contribution in [0.1, 0.15) is 15.9 Å². The van der Waals surface area contributed by atoms with Gasteiger partial charge in [-0.3, -0.25) is 4.79 Å². The van der Waals surface area contributed by atoms with E-state index in [0.717, 1.165) is 11.3 Å². The second kappa shape index (κ2) is 7.92. The van der Waals surface area contributed by atoms with E-state index in [-0.39, 0.29) is 0 Å². The summed E-state index contributed by atoms with van der Waals surface area (Å²) in [5, 5.41) is 32.5. The average molecular weight is 325 g/mol. The van der Waals surface area contributed by atoms with Crippen molar-refractivity contribution in [2.45, 2.75) is 12.2 Å². The van der Waals surface area contributed by atoms with Gasteiger partial charge in [-0.2, -0.15) is 0 Å². The number of amides is 1. The molecule has 1 aliphatic heterocycles. The molecule has 23 heavy (non-hydrogen) atoms. The van der Waals surface area contributed by atoms with Crippen LogP contribution in [0.5, 0.6) is 5.75 Å². The Bertz CT molecular complexity index is 622. The number of aliphatic carboxylic acids is 2. The number of hydrogen-bond donors (Lipinski definition) is 5. The fourth-order valence-electron chi connectivity index (χ4n) is 1.63. The first-order chi connectivity index (χ1) is 10.8. The summed E-state index contributed by atoms with van der Waals surface area (Å²) in [5.41, 5.74) is 6.50. The van der Waals surface area contributed by atoms with Crippen LogP contribution in [0.4, 0.5) is 0 Å². The Labute approximate surface area is 130 Å². The van der Waals surface area contributed by atoms with E-state index in [1.807, 2.05) is 18.2 Å². The molecule has 0 aliphatic carbocycles. The molecule has 0 saturated heterocycles. The van der Waals surface area contributed by atoms with Crippen LogP contribution in [0.3, 0.4) is 0 Å². The third-order valence-corrected chi connectivity index (χ3v) is 2.76. The third kappa shape index (κ3) is 4.80. The maximum absolute atomic E-state index is 11.0. The Morgan fingerprint density at radius 1 is 1.09 bits per heavy atom. The lowest BCUT2D eigenvalue weighted by molar-refractivity contribution is -0.165. The van der Waals surface area contributed by atoms with Crippen molar-refractivity contribution in [1.82, 2.24) is 0 Å². The lowest BCUT2D eigenvalue weighted by Crippen LogP contribution is -2.39. The fraction of sp³-hybridized carbons (Fsp3) is 0.214. The standard InChI is InChI=1S/C10H9NO2.C4H6O6/c11-10(12)8-3-1-5-9-7(8)4-2-6-13-9;5-1(3(7)8)2(6)4(9)10/h1-5H,6H2,(H2,11,12);1-2,5-6H,(H,7,8)(H,9,10). The van der Waals surface area contributed by atoms with E-state index < -0.39 is 30.1 Å². The van der Waals surface area contributed by atoms with E-state index in [1.54, 1.807) is 12.1 Å². The number of carboxylic acid groups (broad SMARTS) is 2. The van der Waals surface area contributed by atoms with Crippen molar-refractivity contribution in [2.75, 3.05) is 6.61 Å². The zero-order chi connectivity index (χ0) is 17.6.